The molecule has 1 aliphatic rings. The highest BCUT2D eigenvalue weighted by Crippen LogP contribution is 2.35. The van der Waals surface area contributed by atoms with Crippen molar-refractivity contribution in [2.75, 3.05) is 38.3 Å². The zero-order valence-electron chi connectivity index (χ0n) is 21.6. The van der Waals surface area contributed by atoms with Crippen LogP contribution in [-0.4, -0.2) is 43.9 Å². The lowest BCUT2D eigenvalue weighted by atomic mass is 9.97. The van der Waals surface area contributed by atoms with Gasteiger partial charge in [0, 0.05) is 31.4 Å². The number of methoxy groups -OCH3 is 1. The van der Waals surface area contributed by atoms with Crippen LogP contribution in [0.4, 0.5) is 5.88 Å². The minimum absolute atomic E-state index is 0.245. The summed E-state index contributed by atoms with van der Waals surface area (Å²) in [5.74, 6) is 1.86. The second-order valence-corrected chi connectivity index (χ2v) is 9.11. The normalized spacial score (nSPS) is 15.0. The highest BCUT2D eigenvalue weighted by molar-refractivity contribution is 7.07. The van der Waals surface area contributed by atoms with Crippen molar-refractivity contribution < 1.29 is 23.4 Å². The van der Waals surface area contributed by atoms with Crippen LogP contribution in [0.5, 0.6) is 11.5 Å². The highest BCUT2D eigenvalue weighted by Gasteiger charge is 2.31. The molecule has 9 nitrogen and oxygen atoms in total. The van der Waals surface area contributed by atoms with Crippen LogP contribution in [0, 0.1) is 0 Å². The number of fused-ring (bicyclic) bond motifs is 1. The van der Waals surface area contributed by atoms with Gasteiger partial charge in [-0.05, 0) is 51.5 Å². The largest absolute Gasteiger partial charge is 0.490 e. The predicted octanol–water partition coefficient (Wildman–Crippen LogP) is 3.25. The van der Waals surface area contributed by atoms with Gasteiger partial charge < -0.3 is 23.5 Å². The summed E-state index contributed by atoms with van der Waals surface area (Å²) in [5, 5.41) is 0. The van der Waals surface area contributed by atoms with Crippen LogP contribution in [-0.2, 0) is 9.53 Å². The average molecular weight is 526 g/mol. The fraction of sp³-hybridized carbons (Fsp3) is 0.370. The van der Waals surface area contributed by atoms with Gasteiger partial charge in [0.05, 0.1) is 36.5 Å². The first-order valence-corrected chi connectivity index (χ1v) is 13.1. The van der Waals surface area contributed by atoms with E-state index in [1.807, 2.05) is 32.0 Å². The summed E-state index contributed by atoms with van der Waals surface area (Å²) in [6.07, 6.45) is 3.17. The number of carbonyl (C=O) groups excluding carboxylic acids is 1. The number of rotatable bonds is 10. The second-order valence-electron chi connectivity index (χ2n) is 8.10. The fourth-order valence-electron chi connectivity index (χ4n) is 4.24. The number of anilines is 1. The Morgan fingerprint density at radius 2 is 1.84 bits per heavy atom. The average Bonchev–Trinajstić information content (AvgIpc) is 3.49. The maximum atomic E-state index is 13.7. The van der Waals surface area contributed by atoms with E-state index in [1.54, 1.807) is 18.2 Å². The molecule has 0 radical (unpaired) electrons. The zero-order valence-corrected chi connectivity index (χ0v) is 22.5. The number of hydrogen-bond acceptors (Lipinski definition) is 9. The maximum Gasteiger partial charge on any atom is 0.337 e. The van der Waals surface area contributed by atoms with E-state index in [-0.39, 0.29) is 11.1 Å². The van der Waals surface area contributed by atoms with E-state index in [1.165, 1.54) is 29.2 Å². The first kappa shape index (κ1) is 26.3. The van der Waals surface area contributed by atoms with Crippen molar-refractivity contribution in [1.29, 1.82) is 0 Å². The quantitative estimate of drug-likeness (QED) is 0.375. The van der Waals surface area contributed by atoms with Crippen molar-refractivity contribution in [3.63, 3.8) is 0 Å². The molecule has 0 bridgehead atoms. The Labute approximate surface area is 218 Å². The highest BCUT2D eigenvalue weighted by atomic mass is 32.1. The molecule has 4 rings (SSSR count). The fourth-order valence-corrected chi connectivity index (χ4v) is 5.19. The molecule has 0 saturated heterocycles. The van der Waals surface area contributed by atoms with Gasteiger partial charge >= 0.3 is 5.97 Å². The molecule has 0 N–H and O–H groups in total. The maximum absolute atomic E-state index is 13.7. The molecular formula is C27H31N3O6S. The van der Waals surface area contributed by atoms with Crippen molar-refractivity contribution in [3.8, 4) is 11.5 Å². The summed E-state index contributed by atoms with van der Waals surface area (Å²) >= 11 is 1.23. The number of furan rings is 1. The molecule has 10 heteroatoms. The SMILES string of the molecule is CCOc1ccc([C@@H]2C(C(=O)OC)=CN=c3s/c(=C\c4ccc(N(CC)CC)o4)c(=O)n32)cc1OCC. The topological polar surface area (TPSA) is 95.5 Å². The third-order valence-electron chi connectivity index (χ3n) is 5.97. The van der Waals surface area contributed by atoms with Gasteiger partial charge in [-0.2, -0.15) is 0 Å². The van der Waals surface area contributed by atoms with Gasteiger partial charge in [-0.1, -0.05) is 17.4 Å². The van der Waals surface area contributed by atoms with Crippen LogP contribution in [0.25, 0.3) is 6.08 Å². The number of aromatic nitrogens is 1. The lowest BCUT2D eigenvalue weighted by Crippen LogP contribution is -2.39. The Morgan fingerprint density at radius 1 is 1.11 bits per heavy atom. The molecule has 0 unspecified atom stereocenters. The molecule has 1 aliphatic heterocycles. The Kier molecular flexibility index (Phi) is 8.17. The van der Waals surface area contributed by atoms with Crippen LogP contribution in [0.15, 0.2) is 56.3 Å². The van der Waals surface area contributed by atoms with Crippen molar-refractivity contribution in [1.82, 2.24) is 4.57 Å². The molecule has 3 heterocycles. The van der Waals surface area contributed by atoms with Crippen molar-refractivity contribution in [2.45, 2.75) is 33.7 Å². The smallest absolute Gasteiger partial charge is 0.337 e. The van der Waals surface area contributed by atoms with Gasteiger partial charge in [0.2, 0.25) is 0 Å². The van der Waals surface area contributed by atoms with Crippen LogP contribution in [0.2, 0.25) is 0 Å². The van der Waals surface area contributed by atoms with E-state index in [4.69, 9.17) is 18.6 Å². The van der Waals surface area contributed by atoms with Crippen LogP contribution in [0.1, 0.15) is 45.1 Å². The number of benzene rings is 1. The van der Waals surface area contributed by atoms with Gasteiger partial charge in [-0.3, -0.25) is 9.36 Å². The lowest BCUT2D eigenvalue weighted by molar-refractivity contribution is -0.136. The Bertz CT molecular complexity index is 1480. The summed E-state index contributed by atoms with van der Waals surface area (Å²) in [7, 11) is 1.31. The molecule has 0 amide bonds. The van der Waals surface area contributed by atoms with Crippen molar-refractivity contribution in [2.24, 2.45) is 4.99 Å². The van der Waals surface area contributed by atoms with Crippen LogP contribution >= 0.6 is 11.3 Å². The molecule has 1 aromatic carbocycles. The van der Waals surface area contributed by atoms with Crippen LogP contribution < -0.4 is 29.3 Å². The monoisotopic (exact) mass is 525 g/mol. The Balaban J connectivity index is 1.85. The summed E-state index contributed by atoms with van der Waals surface area (Å²) in [6.45, 7) is 10.4. The van der Waals surface area contributed by atoms with Gasteiger partial charge in [0.1, 0.15) is 5.76 Å². The second kappa shape index (κ2) is 11.5. The molecule has 196 valence electrons. The van der Waals surface area contributed by atoms with Crippen molar-refractivity contribution >= 4 is 29.3 Å². The minimum atomic E-state index is -0.747. The van der Waals surface area contributed by atoms with E-state index in [0.717, 1.165) is 19.0 Å². The third kappa shape index (κ3) is 5.20. The van der Waals surface area contributed by atoms with Crippen molar-refractivity contribution in [3.05, 3.63) is 73.1 Å². The Morgan fingerprint density at radius 3 is 2.51 bits per heavy atom. The number of ether oxygens (including phenoxy) is 3. The number of carbonyl (C=O) groups is 1. The molecule has 2 aromatic heterocycles. The van der Waals surface area contributed by atoms with E-state index >= 15 is 0 Å². The molecule has 0 spiro atoms. The Hall–Kier alpha value is -3.79. The van der Waals surface area contributed by atoms with Gasteiger partial charge in [0.25, 0.3) is 5.56 Å². The third-order valence-corrected chi connectivity index (χ3v) is 6.97. The number of hydrogen-bond donors (Lipinski definition) is 0. The molecule has 3 aromatic rings. The summed E-state index contributed by atoms with van der Waals surface area (Å²) in [6, 6.07) is 8.38. The van der Waals surface area contributed by atoms with Gasteiger partial charge in [-0.15, -0.1) is 0 Å². The first-order valence-electron chi connectivity index (χ1n) is 12.3. The van der Waals surface area contributed by atoms with Gasteiger partial charge in [-0.25, -0.2) is 9.79 Å². The molecular weight excluding hydrogens is 494 g/mol. The molecule has 37 heavy (non-hydrogen) atoms. The molecule has 1 atom stereocenters. The zero-order chi connectivity index (χ0) is 26.5. The summed E-state index contributed by atoms with van der Waals surface area (Å²) in [5.41, 5.74) is 0.638. The molecule has 0 aliphatic carbocycles. The number of esters is 1. The van der Waals surface area contributed by atoms with E-state index in [2.05, 4.69) is 23.7 Å². The molecule has 0 saturated carbocycles. The van der Waals surface area contributed by atoms with Crippen LogP contribution in [0.3, 0.4) is 0 Å². The molecule has 0 fully saturated rings. The summed E-state index contributed by atoms with van der Waals surface area (Å²) in [4.78, 5) is 33.4. The summed E-state index contributed by atoms with van der Waals surface area (Å²) < 4.78 is 24.4. The van der Waals surface area contributed by atoms with Gasteiger partial charge in [0.15, 0.2) is 22.2 Å². The van der Waals surface area contributed by atoms with E-state index in [0.29, 0.717) is 45.4 Å². The van der Waals surface area contributed by atoms with E-state index < -0.39 is 12.0 Å². The van der Waals surface area contributed by atoms with E-state index in [9.17, 15) is 9.59 Å². The predicted molar refractivity (Wildman–Crippen MR) is 142 cm³/mol. The number of thiazole rings is 1. The minimum Gasteiger partial charge on any atom is -0.490 e. The lowest BCUT2D eigenvalue weighted by Gasteiger charge is -2.23. The number of nitrogens with zero attached hydrogens (tertiary/aromatic N) is 3. The standard InChI is InChI=1S/C27H31N3O6S/c1-6-29(7-2)23-13-11-18(36-23)15-22-25(31)30-24(19(26(32)33-5)16-28-27(30)37-22)17-10-12-20(34-8-3)21(14-17)35-9-4/h10-16,24H,6-9H2,1-5H3/b22-15-/t24-/m1/s1. The first-order chi connectivity index (χ1) is 17.9.